The molecule has 0 aromatic rings. The molecule has 0 radical (unpaired) electrons. The highest BCUT2D eigenvalue weighted by Crippen LogP contribution is 2.67. The predicted octanol–water partition coefficient (Wildman–Crippen LogP) is 7.58. The number of hydrogen-bond donors (Lipinski definition) is 5. The van der Waals surface area contributed by atoms with Crippen molar-refractivity contribution in [3.63, 3.8) is 0 Å². The number of hydrogen-bond acceptors (Lipinski definition) is 5. The van der Waals surface area contributed by atoms with Gasteiger partial charge in [-0.05, 0) is 156 Å². The Morgan fingerprint density at radius 1 is 0.911 bits per heavy atom. The van der Waals surface area contributed by atoms with Crippen molar-refractivity contribution in [2.75, 3.05) is 39.3 Å². The van der Waals surface area contributed by atoms with Gasteiger partial charge in [0, 0.05) is 6.54 Å². The van der Waals surface area contributed by atoms with Gasteiger partial charge in [-0.15, -0.1) is 0 Å². The minimum Gasteiger partial charge on any atom is -0.464 e. The Bertz CT molecular complexity index is 941. The lowest BCUT2D eigenvalue weighted by molar-refractivity contribution is -0.0554. The van der Waals surface area contributed by atoms with Crippen molar-refractivity contribution in [3.05, 3.63) is 11.6 Å². The van der Waals surface area contributed by atoms with E-state index < -0.39 is 6.09 Å². The summed E-state index contributed by atoms with van der Waals surface area (Å²) in [5.41, 5.74) is 11.2. The van der Waals surface area contributed by atoms with Gasteiger partial charge in [-0.25, -0.2) is 15.2 Å². The van der Waals surface area contributed by atoms with E-state index in [1.54, 1.807) is 10.6 Å². The highest BCUT2D eigenvalue weighted by molar-refractivity contribution is 5.65. The fourth-order valence-corrected chi connectivity index (χ4v) is 10.6. The smallest absolute Gasteiger partial charge is 0.422 e. The second kappa shape index (κ2) is 17.3. The summed E-state index contributed by atoms with van der Waals surface area (Å²) < 4.78 is 0. The molecule has 6 N–H and O–H groups in total. The van der Waals surface area contributed by atoms with Gasteiger partial charge in [-0.3, -0.25) is 0 Å². The Balaban J connectivity index is 1.24. The molecular formula is C38H71N5O2. The van der Waals surface area contributed by atoms with Gasteiger partial charge in [-0.1, -0.05) is 65.5 Å². The molecule has 7 nitrogen and oxygen atoms in total. The molecule has 0 heterocycles. The molecule has 0 aliphatic heterocycles. The lowest BCUT2D eigenvalue weighted by Crippen LogP contribution is -2.55. The van der Waals surface area contributed by atoms with E-state index in [1.807, 2.05) is 0 Å². The van der Waals surface area contributed by atoms with Crippen molar-refractivity contribution in [2.24, 2.45) is 52.1 Å². The topological polar surface area (TPSA) is 103 Å². The second-order valence-corrected chi connectivity index (χ2v) is 16.4. The molecule has 1 amide bonds. The second-order valence-electron chi connectivity index (χ2n) is 16.4. The van der Waals surface area contributed by atoms with E-state index in [0.29, 0.717) is 12.0 Å². The van der Waals surface area contributed by atoms with Gasteiger partial charge >= 0.3 is 6.09 Å². The number of allylic oxidation sites excluding steroid dienone is 1. The van der Waals surface area contributed by atoms with Crippen LogP contribution in [0.25, 0.3) is 0 Å². The van der Waals surface area contributed by atoms with Crippen LogP contribution >= 0.6 is 0 Å². The van der Waals surface area contributed by atoms with Crippen molar-refractivity contribution in [2.45, 2.75) is 137 Å². The van der Waals surface area contributed by atoms with E-state index in [1.165, 1.54) is 57.8 Å². The molecule has 0 spiro atoms. The number of nitrogens with one attached hydrogen (secondary N) is 3. The molecule has 0 bridgehead atoms. The summed E-state index contributed by atoms with van der Waals surface area (Å²) in [5.74, 6) is 5.01. The molecule has 260 valence electrons. The lowest BCUT2D eigenvalue weighted by atomic mass is 9.47. The van der Waals surface area contributed by atoms with Gasteiger partial charge in [0.1, 0.15) is 0 Å². The standard InChI is InChI=1S/C38H71N5O2/c1-28(2)11-8-12-29(3)33-15-16-34-32-14-13-30-27-31(17-19-37(30,4)35(32)18-20-38(33,34)5)43(36(44)45)42-26-10-25-41-23-7-6-22-40-24-9-21-39/h13,28-29,31-35,40-42H,6-12,14-27,39H2,1-5H3,(H,44,45)/t29-,31?,32?,33-,34?,35?,37+,38-/m1/s1. The monoisotopic (exact) mass is 630 g/mol. The van der Waals surface area contributed by atoms with Crippen LogP contribution in [-0.2, 0) is 0 Å². The number of carbonyl (C=O) groups is 1. The minimum atomic E-state index is -0.832. The predicted molar refractivity (Wildman–Crippen MR) is 188 cm³/mol. The van der Waals surface area contributed by atoms with E-state index in [2.05, 4.69) is 56.8 Å². The SMILES string of the molecule is CC(C)CCC[C@@H](C)[C@H]1CCC2C3CC=C4CC(N(NCCCNCCCCNCCCN)C(=O)O)CC[C@]4(C)C3CC[C@@]21C. The molecular weight excluding hydrogens is 558 g/mol. The molecule has 4 rings (SSSR count). The van der Waals surface area contributed by atoms with Crippen LogP contribution in [0.4, 0.5) is 4.79 Å². The van der Waals surface area contributed by atoms with Crippen LogP contribution < -0.4 is 21.8 Å². The molecule has 4 aliphatic carbocycles. The third kappa shape index (κ3) is 9.06. The van der Waals surface area contributed by atoms with Crippen molar-refractivity contribution in [3.8, 4) is 0 Å². The molecule has 0 saturated heterocycles. The molecule has 3 fully saturated rings. The lowest BCUT2D eigenvalue weighted by Gasteiger charge is -2.59. The highest BCUT2D eigenvalue weighted by atomic mass is 16.4. The van der Waals surface area contributed by atoms with E-state index in [9.17, 15) is 9.90 Å². The summed E-state index contributed by atoms with van der Waals surface area (Å²) in [4.78, 5) is 12.4. The summed E-state index contributed by atoms with van der Waals surface area (Å²) in [6, 6.07) is 0.0366. The first-order valence-corrected chi connectivity index (χ1v) is 19.2. The van der Waals surface area contributed by atoms with E-state index in [-0.39, 0.29) is 11.5 Å². The number of hydrazine groups is 1. The Kier molecular flexibility index (Phi) is 14.1. The summed E-state index contributed by atoms with van der Waals surface area (Å²) in [5, 5.41) is 18.6. The van der Waals surface area contributed by atoms with Crippen LogP contribution in [0.3, 0.4) is 0 Å². The maximum atomic E-state index is 12.4. The third-order valence-corrected chi connectivity index (χ3v) is 13.2. The fourth-order valence-electron chi connectivity index (χ4n) is 10.6. The van der Waals surface area contributed by atoms with Crippen LogP contribution in [-0.4, -0.2) is 61.5 Å². The molecule has 8 atom stereocenters. The molecule has 4 unspecified atom stereocenters. The Hall–Kier alpha value is -1.15. The third-order valence-electron chi connectivity index (χ3n) is 13.2. The summed E-state index contributed by atoms with van der Waals surface area (Å²) in [7, 11) is 0. The Morgan fingerprint density at radius 3 is 2.31 bits per heavy atom. The Morgan fingerprint density at radius 2 is 1.62 bits per heavy atom. The number of rotatable bonds is 19. The number of amides is 1. The first-order chi connectivity index (χ1) is 21.6. The Labute approximate surface area is 276 Å². The molecule has 0 aromatic heterocycles. The van der Waals surface area contributed by atoms with Gasteiger partial charge in [0.2, 0.25) is 0 Å². The minimum absolute atomic E-state index is 0.0366. The van der Waals surface area contributed by atoms with E-state index in [0.717, 1.165) is 107 Å². The normalized spacial score (nSPS) is 33.3. The average Bonchev–Trinajstić information content (AvgIpc) is 3.36. The number of nitrogens with two attached hydrogens (primary N) is 1. The van der Waals surface area contributed by atoms with Crippen LogP contribution in [0.1, 0.15) is 131 Å². The van der Waals surface area contributed by atoms with Crippen molar-refractivity contribution < 1.29 is 9.90 Å². The quantitative estimate of drug-likeness (QED) is 0.0574. The van der Waals surface area contributed by atoms with Gasteiger partial charge in [0.05, 0.1) is 6.04 Å². The number of nitrogens with zero attached hydrogens (tertiary/aromatic N) is 1. The van der Waals surface area contributed by atoms with Crippen LogP contribution in [0, 0.1) is 46.3 Å². The summed E-state index contributed by atoms with van der Waals surface area (Å²) in [6.07, 6.45) is 20.0. The zero-order valence-electron chi connectivity index (χ0n) is 29.8. The largest absolute Gasteiger partial charge is 0.464 e. The van der Waals surface area contributed by atoms with Crippen molar-refractivity contribution >= 4 is 6.09 Å². The van der Waals surface area contributed by atoms with E-state index in [4.69, 9.17) is 5.73 Å². The van der Waals surface area contributed by atoms with Gasteiger partial charge in [0.25, 0.3) is 0 Å². The molecule has 45 heavy (non-hydrogen) atoms. The first-order valence-electron chi connectivity index (χ1n) is 19.2. The van der Waals surface area contributed by atoms with Gasteiger partial charge in [-0.2, -0.15) is 0 Å². The van der Waals surface area contributed by atoms with Crippen molar-refractivity contribution in [1.82, 2.24) is 21.1 Å². The molecule has 7 heteroatoms. The van der Waals surface area contributed by atoms with Crippen LogP contribution in [0.2, 0.25) is 0 Å². The maximum Gasteiger partial charge on any atom is 0.422 e. The number of fused-ring (bicyclic) bond motifs is 5. The highest BCUT2D eigenvalue weighted by Gasteiger charge is 2.59. The van der Waals surface area contributed by atoms with Gasteiger partial charge in [0.15, 0.2) is 0 Å². The zero-order chi connectivity index (χ0) is 32.5. The molecule has 3 saturated carbocycles. The molecule has 0 aromatic carbocycles. The first kappa shape index (κ1) is 36.7. The fraction of sp³-hybridized carbons (Fsp3) is 0.921. The maximum absolute atomic E-state index is 12.4. The number of carboxylic acid groups (broad SMARTS) is 1. The zero-order valence-corrected chi connectivity index (χ0v) is 29.8. The average molecular weight is 630 g/mol. The van der Waals surface area contributed by atoms with Crippen molar-refractivity contribution in [1.29, 1.82) is 0 Å². The molecule has 4 aliphatic rings. The van der Waals surface area contributed by atoms with Gasteiger partial charge < -0.3 is 21.5 Å². The van der Waals surface area contributed by atoms with Crippen LogP contribution in [0.15, 0.2) is 11.6 Å². The van der Waals surface area contributed by atoms with E-state index >= 15 is 0 Å². The summed E-state index contributed by atoms with van der Waals surface area (Å²) in [6.45, 7) is 17.9. The number of unbranched alkanes of at least 4 members (excludes halogenated alkanes) is 1. The summed E-state index contributed by atoms with van der Waals surface area (Å²) >= 11 is 0. The van der Waals surface area contributed by atoms with Crippen LogP contribution in [0.5, 0.6) is 0 Å².